The van der Waals surface area contributed by atoms with Crippen LogP contribution in [0.2, 0.25) is 0 Å². The largest absolute Gasteiger partial charge is 0.454 e. The second-order valence-electron chi connectivity index (χ2n) is 7.81. The van der Waals surface area contributed by atoms with Crippen molar-refractivity contribution in [2.75, 3.05) is 6.79 Å². The number of hydrogen-bond donors (Lipinski definition) is 0. The Labute approximate surface area is 145 Å². The molecule has 7 nitrogen and oxygen atoms in total. The summed E-state index contributed by atoms with van der Waals surface area (Å²) in [4.78, 5) is 10.8. The number of nitro benzene ring substituents is 1. The molecule has 3 aliphatic rings. The van der Waals surface area contributed by atoms with E-state index in [2.05, 4.69) is 31.0 Å². The lowest BCUT2D eigenvalue weighted by Gasteiger charge is -2.34. The van der Waals surface area contributed by atoms with Gasteiger partial charge in [0.2, 0.25) is 6.79 Å². The highest BCUT2D eigenvalue weighted by Gasteiger charge is 2.59. The van der Waals surface area contributed by atoms with Gasteiger partial charge in [-0.25, -0.2) is 0 Å². The summed E-state index contributed by atoms with van der Waals surface area (Å²) in [5.41, 5.74) is 1.70. The maximum Gasteiger partial charge on any atom is 0.282 e. The van der Waals surface area contributed by atoms with Gasteiger partial charge in [0.05, 0.1) is 22.8 Å². The molecule has 2 saturated carbocycles. The van der Waals surface area contributed by atoms with Crippen LogP contribution < -0.4 is 9.47 Å². The van der Waals surface area contributed by atoms with Crippen LogP contribution in [0.5, 0.6) is 11.5 Å². The molecule has 7 heteroatoms. The zero-order valence-electron chi connectivity index (χ0n) is 14.6. The molecular weight excluding hydrogens is 322 g/mol. The van der Waals surface area contributed by atoms with E-state index in [-0.39, 0.29) is 23.3 Å². The van der Waals surface area contributed by atoms with Crippen molar-refractivity contribution in [3.63, 3.8) is 0 Å². The molecule has 2 aliphatic carbocycles. The van der Waals surface area contributed by atoms with Gasteiger partial charge in [0.25, 0.3) is 5.69 Å². The third kappa shape index (κ3) is 2.25. The van der Waals surface area contributed by atoms with Crippen molar-refractivity contribution in [1.82, 2.24) is 0 Å². The van der Waals surface area contributed by atoms with Crippen LogP contribution >= 0.6 is 0 Å². The average Bonchev–Trinajstić information content (AvgIpc) is 3.15. The van der Waals surface area contributed by atoms with Crippen LogP contribution in [-0.4, -0.2) is 23.6 Å². The van der Waals surface area contributed by atoms with Gasteiger partial charge in [0.15, 0.2) is 11.5 Å². The Hall–Kier alpha value is -2.44. The summed E-state index contributed by atoms with van der Waals surface area (Å²) in [5, 5.41) is 19.9. The molecule has 0 spiro atoms. The van der Waals surface area contributed by atoms with Gasteiger partial charge in [-0.3, -0.25) is 10.1 Å². The quantitative estimate of drug-likeness (QED) is 0.472. The molecule has 25 heavy (non-hydrogen) atoms. The minimum atomic E-state index is -0.446. The van der Waals surface area contributed by atoms with E-state index in [1.807, 2.05) is 0 Å². The molecule has 1 aromatic carbocycles. The summed E-state index contributed by atoms with van der Waals surface area (Å²) in [6.07, 6.45) is 4.77. The van der Waals surface area contributed by atoms with Crippen LogP contribution in [0, 0.1) is 26.9 Å². The van der Waals surface area contributed by atoms with Gasteiger partial charge in [0.1, 0.15) is 0 Å². The molecular formula is C18H21N3O4. The first-order chi connectivity index (χ1) is 11.8. The third-order valence-corrected chi connectivity index (χ3v) is 6.61. The Morgan fingerprint density at radius 3 is 2.60 bits per heavy atom. The molecule has 2 fully saturated rings. The predicted octanol–water partition coefficient (Wildman–Crippen LogP) is 3.94. The van der Waals surface area contributed by atoms with Crippen molar-refractivity contribution >= 4 is 17.6 Å². The molecule has 1 heterocycles. The molecule has 0 saturated heterocycles. The molecule has 1 aliphatic heterocycles. The third-order valence-electron chi connectivity index (χ3n) is 6.61. The van der Waals surface area contributed by atoms with Crippen LogP contribution in [0.1, 0.15) is 45.6 Å². The van der Waals surface area contributed by atoms with Gasteiger partial charge in [0, 0.05) is 11.1 Å². The van der Waals surface area contributed by atoms with E-state index in [0.29, 0.717) is 23.0 Å². The number of benzene rings is 1. The maximum atomic E-state index is 11.3. The molecule has 0 radical (unpaired) electrons. The number of nitrogens with zero attached hydrogens (tertiary/aromatic N) is 3. The Morgan fingerprint density at radius 1 is 1.28 bits per heavy atom. The van der Waals surface area contributed by atoms with Crippen molar-refractivity contribution < 1.29 is 14.4 Å². The number of rotatable bonds is 3. The summed E-state index contributed by atoms with van der Waals surface area (Å²) in [6.45, 7) is 6.95. The topological polar surface area (TPSA) is 86.3 Å². The van der Waals surface area contributed by atoms with E-state index in [4.69, 9.17) is 9.47 Å². The SMILES string of the molecule is CC1(C)[C@@H]2CC[C@@]1(C)/C(=N/N=C\c1cc3c(cc1[N+](=O)[O-])OCO3)C2. The second kappa shape index (κ2) is 5.28. The van der Waals surface area contributed by atoms with E-state index in [0.717, 1.165) is 18.6 Å². The van der Waals surface area contributed by atoms with Crippen LogP contribution in [0.3, 0.4) is 0 Å². The van der Waals surface area contributed by atoms with Gasteiger partial charge in [-0.15, -0.1) is 0 Å². The first-order valence-electron chi connectivity index (χ1n) is 8.51. The molecule has 0 amide bonds. The van der Waals surface area contributed by atoms with Gasteiger partial charge in [-0.1, -0.05) is 20.8 Å². The highest BCUT2D eigenvalue weighted by Crippen LogP contribution is 2.64. The Balaban J connectivity index is 1.64. The fourth-order valence-electron chi connectivity index (χ4n) is 4.45. The molecule has 0 aromatic heterocycles. The summed E-state index contributed by atoms with van der Waals surface area (Å²) in [6, 6.07) is 2.95. The Bertz CT molecular complexity index is 815. The fourth-order valence-corrected chi connectivity index (χ4v) is 4.45. The summed E-state index contributed by atoms with van der Waals surface area (Å²) < 4.78 is 10.5. The molecule has 0 unspecified atom stereocenters. The lowest BCUT2D eigenvalue weighted by atomic mass is 9.70. The Kier molecular flexibility index (Phi) is 3.39. The van der Waals surface area contributed by atoms with Crippen LogP contribution in [0.25, 0.3) is 0 Å². The van der Waals surface area contributed by atoms with Crippen molar-refractivity contribution in [2.45, 2.75) is 40.0 Å². The van der Waals surface area contributed by atoms with Crippen LogP contribution in [0.15, 0.2) is 22.3 Å². The minimum absolute atomic E-state index is 0.0623. The summed E-state index contributed by atoms with van der Waals surface area (Å²) >= 11 is 0. The van der Waals surface area contributed by atoms with Gasteiger partial charge in [-0.05, 0) is 36.7 Å². The number of fused-ring (bicyclic) bond motifs is 3. The maximum absolute atomic E-state index is 11.3. The zero-order valence-corrected chi connectivity index (χ0v) is 14.6. The van der Waals surface area contributed by atoms with E-state index >= 15 is 0 Å². The molecule has 132 valence electrons. The first-order valence-corrected chi connectivity index (χ1v) is 8.51. The van der Waals surface area contributed by atoms with E-state index in [9.17, 15) is 10.1 Å². The first kappa shape index (κ1) is 16.1. The average molecular weight is 343 g/mol. The van der Waals surface area contributed by atoms with Crippen LogP contribution in [0.4, 0.5) is 5.69 Å². The second-order valence-corrected chi connectivity index (χ2v) is 7.81. The minimum Gasteiger partial charge on any atom is -0.454 e. The monoisotopic (exact) mass is 343 g/mol. The smallest absolute Gasteiger partial charge is 0.282 e. The highest BCUT2D eigenvalue weighted by atomic mass is 16.7. The molecule has 0 N–H and O–H groups in total. The van der Waals surface area contributed by atoms with Gasteiger partial charge in [-0.2, -0.15) is 10.2 Å². The van der Waals surface area contributed by atoms with Gasteiger partial charge < -0.3 is 9.47 Å². The van der Waals surface area contributed by atoms with Crippen LogP contribution in [-0.2, 0) is 0 Å². The van der Waals surface area contributed by atoms with Crippen molar-refractivity contribution in [3.8, 4) is 11.5 Å². The lowest BCUT2D eigenvalue weighted by molar-refractivity contribution is -0.385. The Morgan fingerprint density at radius 2 is 2.00 bits per heavy atom. The van der Waals surface area contributed by atoms with Crippen molar-refractivity contribution in [1.29, 1.82) is 0 Å². The summed E-state index contributed by atoms with van der Waals surface area (Å²) in [5.74, 6) is 1.52. The lowest BCUT2D eigenvalue weighted by Crippen LogP contribution is -2.32. The number of nitro groups is 1. The predicted molar refractivity (Wildman–Crippen MR) is 93.5 cm³/mol. The zero-order chi connectivity index (χ0) is 17.8. The van der Waals surface area contributed by atoms with Crippen molar-refractivity contribution in [3.05, 3.63) is 27.8 Å². The fraction of sp³-hybridized carbons (Fsp3) is 0.556. The molecule has 2 atom stereocenters. The van der Waals surface area contributed by atoms with E-state index in [1.54, 1.807) is 6.07 Å². The number of hydrogen-bond acceptors (Lipinski definition) is 6. The molecule has 4 rings (SSSR count). The highest BCUT2D eigenvalue weighted by molar-refractivity contribution is 5.95. The van der Waals surface area contributed by atoms with E-state index in [1.165, 1.54) is 18.7 Å². The number of ether oxygens (including phenoxy) is 2. The van der Waals surface area contributed by atoms with E-state index < -0.39 is 4.92 Å². The standard InChI is InChI=1S/C18H21N3O4/c1-17(2)12-4-5-18(17,3)16(7-12)20-19-9-11-6-14-15(25-10-24-14)8-13(11)21(22)23/h6,8-9,12H,4-5,7,10H2,1-3H3/b19-9-,20-16+/t12-,18+/m1/s1. The van der Waals surface area contributed by atoms with Gasteiger partial charge >= 0.3 is 0 Å². The molecule has 1 aromatic rings. The summed E-state index contributed by atoms with van der Waals surface area (Å²) in [7, 11) is 0. The molecule has 2 bridgehead atoms. The van der Waals surface area contributed by atoms with Crippen molar-refractivity contribution in [2.24, 2.45) is 27.0 Å². The normalized spacial score (nSPS) is 30.5.